The lowest BCUT2D eigenvalue weighted by atomic mass is 10.2. The lowest BCUT2D eigenvalue weighted by Gasteiger charge is -2.11. The predicted octanol–water partition coefficient (Wildman–Crippen LogP) is 4.08. The predicted molar refractivity (Wildman–Crippen MR) is 110 cm³/mol. The number of nitrogens with zero attached hydrogens (tertiary/aromatic N) is 4. The first-order chi connectivity index (χ1) is 14.2. The number of ether oxygens (including phenoxy) is 1. The molecule has 1 aliphatic carbocycles. The highest BCUT2D eigenvalue weighted by Gasteiger charge is 2.28. The Morgan fingerprint density at radius 3 is 2.76 bits per heavy atom. The van der Waals surface area contributed by atoms with E-state index in [9.17, 15) is 4.79 Å². The van der Waals surface area contributed by atoms with Crippen LogP contribution in [0, 0.1) is 0 Å². The zero-order valence-electron chi connectivity index (χ0n) is 15.7. The molecule has 1 fully saturated rings. The zero-order chi connectivity index (χ0) is 19.8. The minimum atomic E-state index is 0.0147. The highest BCUT2D eigenvalue weighted by atomic mass is 32.2. The molecular formula is C21H18N4O3S. The second kappa shape index (κ2) is 7.36. The van der Waals surface area contributed by atoms with Gasteiger partial charge >= 0.3 is 0 Å². The fourth-order valence-electron chi connectivity index (χ4n) is 3.26. The lowest BCUT2D eigenvalue weighted by molar-refractivity contribution is 0.390. The van der Waals surface area contributed by atoms with E-state index in [4.69, 9.17) is 14.2 Å². The largest absolute Gasteiger partial charge is 0.496 e. The Kier molecular flexibility index (Phi) is 4.55. The van der Waals surface area contributed by atoms with E-state index in [1.54, 1.807) is 7.11 Å². The molecule has 0 spiro atoms. The smallest absolute Gasteiger partial charge is 0.262 e. The van der Waals surface area contributed by atoms with Crippen LogP contribution in [0.15, 0.2) is 63.0 Å². The number of hydrogen-bond acceptors (Lipinski definition) is 7. The van der Waals surface area contributed by atoms with Crippen molar-refractivity contribution in [3.05, 3.63) is 64.8 Å². The molecule has 5 rings (SSSR count). The standard InChI is InChI=1S/C21H18N4O3S/c1-27-17-9-5-3-7-15(17)19-23-18(28-24-19)12-29-21-22-16-8-4-2-6-14(16)20(26)25(21)13-10-11-13/h2-9,13H,10-12H2,1H3. The second-order valence-electron chi connectivity index (χ2n) is 6.82. The Morgan fingerprint density at radius 2 is 1.93 bits per heavy atom. The van der Waals surface area contributed by atoms with Crippen molar-refractivity contribution < 1.29 is 9.26 Å². The Bertz CT molecular complexity index is 1250. The highest BCUT2D eigenvalue weighted by Crippen LogP contribution is 2.37. The van der Waals surface area contributed by atoms with Crippen molar-refractivity contribution >= 4 is 22.7 Å². The van der Waals surface area contributed by atoms with Gasteiger partial charge in [-0.1, -0.05) is 41.2 Å². The van der Waals surface area contributed by atoms with E-state index in [1.807, 2.05) is 53.1 Å². The van der Waals surface area contributed by atoms with Gasteiger partial charge in [0.05, 0.1) is 29.3 Å². The summed E-state index contributed by atoms with van der Waals surface area (Å²) in [6.45, 7) is 0. The number of rotatable bonds is 6. The minimum absolute atomic E-state index is 0.0147. The third-order valence-electron chi connectivity index (χ3n) is 4.83. The van der Waals surface area contributed by atoms with Crippen molar-refractivity contribution in [1.29, 1.82) is 0 Å². The summed E-state index contributed by atoms with van der Waals surface area (Å²) in [7, 11) is 1.61. The Morgan fingerprint density at radius 1 is 1.14 bits per heavy atom. The molecular weight excluding hydrogens is 388 g/mol. The quantitative estimate of drug-likeness (QED) is 0.352. The summed E-state index contributed by atoms with van der Waals surface area (Å²) in [6.07, 6.45) is 2.01. The van der Waals surface area contributed by atoms with Gasteiger partial charge in [0, 0.05) is 6.04 Å². The Labute approximate surface area is 170 Å². The van der Waals surface area contributed by atoms with Crippen molar-refractivity contribution in [2.24, 2.45) is 0 Å². The number of para-hydroxylation sites is 2. The van der Waals surface area contributed by atoms with Crippen molar-refractivity contribution in [2.75, 3.05) is 7.11 Å². The van der Waals surface area contributed by atoms with Crippen LogP contribution in [0.4, 0.5) is 0 Å². The monoisotopic (exact) mass is 406 g/mol. The molecule has 0 aliphatic heterocycles. The normalized spacial score (nSPS) is 13.7. The molecule has 0 unspecified atom stereocenters. The fourth-order valence-corrected chi connectivity index (χ4v) is 4.16. The summed E-state index contributed by atoms with van der Waals surface area (Å²) in [6, 6.07) is 15.2. The molecule has 29 heavy (non-hydrogen) atoms. The van der Waals surface area contributed by atoms with Crippen LogP contribution in [-0.2, 0) is 5.75 Å². The molecule has 0 atom stereocenters. The van der Waals surface area contributed by atoms with Crippen LogP contribution in [0.25, 0.3) is 22.3 Å². The molecule has 8 heteroatoms. The van der Waals surface area contributed by atoms with Crippen molar-refractivity contribution in [3.8, 4) is 17.1 Å². The molecule has 0 bridgehead atoms. The van der Waals surface area contributed by atoms with Crippen LogP contribution in [0.3, 0.4) is 0 Å². The number of thioether (sulfide) groups is 1. The van der Waals surface area contributed by atoms with Gasteiger partial charge in [-0.3, -0.25) is 9.36 Å². The first-order valence-corrected chi connectivity index (χ1v) is 10.3. The van der Waals surface area contributed by atoms with E-state index in [-0.39, 0.29) is 11.6 Å². The van der Waals surface area contributed by atoms with Gasteiger partial charge in [-0.15, -0.1) is 0 Å². The second-order valence-corrected chi connectivity index (χ2v) is 7.76. The van der Waals surface area contributed by atoms with Crippen LogP contribution in [0.1, 0.15) is 24.8 Å². The van der Waals surface area contributed by atoms with Crippen LogP contribution >= 0.6 is 11.8 Å². The number of hydrogen-bond donors (Lipinski definition) is 0. The molecule has 4 aromatic rings. The molecule has 0 N–H and O–H groups in total. The van der Waals surface area contributed by atoms with Gasteiger partial charge in [0.25, 0.3) is 5.56 Å². The van der Waals surface area contributed by atoms with Crippen LogP contribution in [0.5, 0.6) is 5.75 Å². The van der Waals surface area contributed by atoms with Gasteiger partial charge in [0.15, 0.2) is 5.16 Å². The number of benzene rings is 2. The van der Waals surface area contributed by atoms with Crippen LogP contribution in [-0.4, -0.2) is 26.8 Å². The number of methoxy groups -OCH3 is 1. The summed E-state index contributed by atoms with van der Waals surface area (Å²) in [5.74, 6) is 2.07. The van der Waals surface area contributed by atoms with Gasteiger partial charge in [0.2, 0.25) is 11.7 Å². The van der Waals surface area contributed by atoms with E-state index in [1.165, 1.54) is 11.8 Å². The molecule has 7 nitrogen and oxygen atoms in total. The Balaban J connectivity index is 1.44. The molecule has 2 aromatic heterocycles. The Hall–Kier alpha value is -3.13. The van der Waals surface area contributed by atoms with Crippen molar-refractivity contribution in [1.82, 2.24) is 19.7 Å². The van der Waals surface area contributed by atoms with Crippen LogP contribution < -0.4 is 10.3 Å². The topological polar surface area (TPSA) is 83.0 Å². The van der Waals surface area contributed by atoms with Gasteiger partial charge in [-0.05, 0) is 37.1 Å². The molecule has 0 saturated heterocycles. The molecule has 0 amide bonds. The third-order valence-corrected chi connectivity index (χ3v) is 5.77. The van der Waals surface area contributed by atoms with Gasteiger partial charge in [0.1, 0.15) is 5.75 Å². The maximum absolute atomic E-state index is 12.9. The van der Waals surface area contributed by atoms with Gasteiger partial charge < -0.3 is 9.26 Å². The third kappa shape index (κ3) is 3.40. The summed E-state index contributed by atoms with van der Waals surface area (Å²) < 4.78 is 12.6. The molecule has 0 radical (unpaired) electrons. The summed E-state index contributed by atoms with van der Waals surface area (Å²) in [5.41, 5.74) is 1.49. The summed E-state index contributed by atoms with van der Waals surface area (Å²) in [5, 5.41) is 5.42. The fraction of sp³-hybridized carbons (Fsp3) is 0.238. The highest BCUT2D eigenvalue weighted by molar-refractivity contribution is 7.98. The van der Waals surface area contributed by atoms with Crippen molar-refractivity contribution in [3.63, 3.8) is 0 Å². The van der Waals surface area contributed by atoms with E-state index in [0.717, 1.165) is 18.4 Å². The maximum atomic E-state index is 12.9. The van der Waals surface area contributed by atoms with E-state index in [2.05, 4.69) is 10.1 Å². The first kappa shape index (κ1) is 17.9. The van der Waals surface area contributed by atoms with E-state index < -0.39 is 0 Å². The molecule has 1 saturated carbocycles. The lowest BCUT2D eigenvalue weighted by Crippen LogP contribution is -2.22. The first-order valence-electron chi connectivity index (χ1n) is 9.34. The van der Waals surface area contributed by atoms with Gasteiger partial charge in [-0.2, -0.15) is 4.98 Å². The maximum Gasteiger partial charge on any atom is 0.262 e. The zero-order valence-corrected chi connectivity index (χ0v) is 16.6. The van der Waals surface area contributed by atoms with Crippen LogP contribution in [0.2, 0.25) is 0 Å². The average molecular weight is 406 g/mol. The van der Waals surface area contributed by atoms with Crippen molar-refractivity contribution in [2.45, 2.75) is 29.8 Å². The van der Waals surface area contributed by atoms with E-state index in [0.29, 0.717) is 39.3 Å². The number of aromatic nitrogens is 4. The summed E-state index contributed by atoms with van der Waals surface area (Å²) >= 11 is 1.44. The van der Waals surface area contributed by atoms with Gasteiger partial charge in [-0.25, -0.2) is 4.98 Å². The summed E-state index contributed by atoms with van der Waals surface area (Å²) in [4.78, 5) is 22.2. The molecule has 2 heterocycles. The SMILES string of the molecule is COc1ccccc1-c1noc(CSc2nc3ccccc3c(=O)n2C2CC2)n1. The number of fused-ring (bicyclic) bond motifs is 1. The molecule has 2 aromatic carbocycles. The molecule has 146 valence electrons. The van der Waals surface area contributed by atoms with E-state index >= 15 is 0 Å². The average Bonchev–Trinajstić information content (AvgIpc) is 3.48. The minimum Gasteiger partial charge on any atom is -0.496 e. The molecule has 1 aliphatic rings.